The van der Waals surface area contributed by atoms with Gasteiger partial charge in [0.15, 0.2) is 6.29 Å². The van der Waals surface area contributed by atoms with E-state index < -0.39 is 0 Å². The van der Waals surface area contributed by atoms with Gasteiger partial charge in [0.05, 0.1) is 24.8 Å². The molecule has 3 rings (SSSR count). The minimum atomic E-state index is -0.269. The van der Waals surface area contributed by atoms with Gasteiger partial charge in [-0.3, -0.25) is 0 Å². The van der Waals surface area contributed by atoms with E-state index in [-0.39, 0.29) is 6.29 Å². The first-order valence-electron chi connectivity index (χ1n) is 10.0. The van der Waals surface area contributed by atoms with Crippen LogP contribution in [0.1, 0.15) is 75.7 Å². The van der Waals surface area contributed by atoms with E-state index in [0.717, 1.165) is 30.6 Å². The van der Waals surface area contributed by atoms with Crippen LogP contribution in [0.25, 0.3) is 0 Å². The van der Waals surface area contributed by atoms with Gasteiger partial charge in [-0.25, -0.2) is 0 Å². The van der Waals surface area contributed by atoms with Gasteiger partial charge in [0, 0.05) is 11.5 Å². The molecule has 1 aromatic rings. The van der Waals surface area contributed by atoms with E-state index in [1.54, 1.807) is 0 Å². The Morgan fingerprint density at radius 1 is 0.960 bits per heavy atom. The molecule has 1 aliphatic heterocycles. The van der Waals surface area contributed by atoms with Crippen LogP contribution in [0.3, 0.4) is 0 Å². The van der Waals surface area contributed by atoms with Crippen molar-refractivity contribution in [3.05, 3.63) is 35.4 Å². The molecular weight excluding hydrogens is 310 g/mol. The van der Waals surface area contributed by atoms with Gasteiger partial charge in [0.1, 0.15) is 0 Å². The molecule has 1 heterocycles. The van der Waals surface area contributed by atoms with E-state index in [1.165, 1.54) is 51.4 Å². The third-order valence-corrected chi connectivity index (χ3v) is 6.01. The molecule has 0 N–H and O–H groups in total. The maximum Gasteiger partial charge on any atom is 0.183 e. The number of nitrogens with zero attached hydrogens (tertiary/aromatic N) is 1. The van der Waals surface area contributed by atoms with Crippen LogP contribution in [0.2, 0.25) is 0 Å². The van der Waals surface area contributed by atoms with E-state index in [2.05, 4.69) is 13.0 Å². The first kappa shape index (κ1) is 18.4. The molecule has 0 aromatic heterocycles. The van der Waals surface area contributed by atoms with Crippen LogP contribution in [0.4, 0.5) is 0 Å². The Morgan fingerprint density at radius 3 is 2.24 bits per heavy atom. The molecule has 3 nitrogen and oxygen atoms in total. The van der Waals surface area contributed by atoms with Crippen molar-refractivity contribution in [2.24, 2.45) is 17.8 Å². The highest BCUT2D eigenvalue weighted by Crippen LogP contribution is 2.38. The second kappa shape index (κ2) is 9.36. The van der Waals surface area contributed by atoms with Crippen LogP contribution in [0.5, 0.6) is 0 Å². The van der Waals surface area contributed by atoms with Gasteiger partial charge in [-0.15, -0.1) is 0 Å². The summed E-state index contributed by atoms with van der Waals surface area (Å²) in [7, 11) is 0. The van der Waals surface area contributed by atoms with Crippen LogP contribution in [-0.2, 0) is 9.47 Å². The lowest BCUT2D eigenvalue weighted by Crippen LogP contribution is -2.34. The van der Waals surface area contributed by atoms with Crippen molar-refractivity contribution in [2.75, 3.05) is 13.2 Å². The third kappa shape index (κ3) is 5.06. The maximum atomic E-state index is 8.88. The fourth-order valence-electron chi connectivity index (χ4n) is 4.33. The summed E-state index contributed by atoms with van der Waals surface area (Å²) in [6, 6.07) is 9.67. The molecule has 3 heteroatoms. The molecule has 0 radical (unpaired) electrons. The zero-order valence-corrected chi connectivity index (χ0v) is 15.5. The molecule has 2 fully saturated rings. The molecule has 1 saturated carbocycles. The largest absolute Gasteiger partial charge is 0.348 e. The van der Waals surface area contributed by atoms with Gasteiger partial charge >= 0.3 is 0 Å². The minimum Gasteiger partial charge on any atom is -0.348 e. The standard InChI is InChI=1S/C22H31NO2/c1-2-3-4-5-17-6-10-19(11-7-17)21-15-24-22(25-16-21)20-12-8-18(14-23)9-13-20/h8-9,12-13,17,19,21-22H,2-7,10-11,15-16H2,1H3/t17-,19-,21?,22?. The van der Waals surface area contributed by atoms with Gasteiger partial charge in [-0.1, -0.05) is 57.6 Å². The van der Waals surface area contributed by atoms with Crippen molar-refractivity contribution in [1.29, 1.82) is 5.26 Å². The topological polar surface area (TPSA) is 42.2 Å². The van der Waals surface area contributed by atoms with Gasteiger partial charge in [-0.2, -0.15) is 5.26 Å². The smallest absolute Gasteiger partial charge is 0.183 e. The average Bonchev–Trinajstić information content (AvgIpc) is 2.69. The van der Waals surface area contributed by atoms with Crippen molar-refractivity contribution in [1.82, 2.24) is 0 Å². The first-order chi connectivity index (χ1) is 12.3. The van der Waals surface area contributed by atoms with Gasteiger partial charge in [0.2, 0.25) is 0 Å². The summed E-state index contributed by atoms with van der Waals surface area (Å²) in [6.07, 6.45) is 10.8. The van der Waals surface area contributed by atoms with Gasteiger partial charge in [-0.05, 0) is 36.8 Å². The number of nitriles is 1. The summed E-state index contributed by atoms with van der Waals surface area (Å²) < 4.78 is 12.0. The first-order valence-corrected chi connectivity index (χ1v) is 10.0. The molecule has 0 atom stereocenters. The predicted molar refractivity (Wildman–Crippen MR) is 98.9 cm³/mol. The number of hydrogen-bond donors (Lipinski definition) is 0. The highest BCUT2D eigenvalue weighted by molar-refractivity contribution is 5.32. The number of unbranched alkanes of at least 4 members (excludes halogenated alkanes) is 2. The second-order valence-electron chi connectivity index (χ2n) is 7.77. The van der Waals surface area contributed by atoms with Crippen LogP contribution in [0.15, 0.2) is 24.3 Å². The van der Waals surface area contributed by atoms with E-state index in [9.17, 15) is 0 Å². The summed E-state index contributed by atoms with van der Waals surface area (Å²) in [5.74, 6) is 2.27. The molecule has 0 amide bonds. The van der Waals surface area contributed by atoms with Crippen LogP contribution in [-0.4, -0.2) is 13.2 Å². The molecule has 1 aromatic carbocycles. The SMILES string of the molecule is CCCCC[C@H]1CC[C@H](C2COC(c3ccc(C#N)cc3)OC2)CC1. The Balaban J connectivity index is 1.41. The van der Waals surface area contributed by atoms with Crippen molar-refractivity contribution < 1.29 is 9.47 Å². The van der Waals surface area contributed by atoms with Crippen molar-refractivity contribution in [3.8, 4) is 6.07 Å². The Morgan fingerprint density at radius 2 is 1.64 bits per heavy atom. The van der Waals surface area contributed by atoms with Gasteiger partial charge < -0.3 is 9.47 Å². The van der Waals surface area contributed by atoms with Crippen molar-refractivity contribution in [3.63, 3.8) is 0 Å². The molecule has 0 bridgehead atoms. The molecule has 0 spiro atoms. The monoisotopic (exact) mass is 341 g/mol. The van der Waals surface area contributed by atoms with E-state index in [4.69, 9.17) is 14.7 Å². The minimum absolute atomic E-state index is 0.269. The summed E-state index contributed by atoms with van der Waals surface area (Å²) in [5.41, 5.74) is 1.69. The fourth-order valence-corrected chi connectivity index (χ4v) is 4.33. The Kier molecular flexibility index (Phi) is 6.90. The number of hydrogen-bond acceptors (Lipinski definition) is 3. The summed E-state index contributed by atoms with van der Waals surface area (Å²) in [6.45, 7) is 3.89. The Hall–Kier alpha value is -1.37. The van der Waals surface area contributed by atoms with E-state index >= 15 is 0 Å². The van der Waals surface area contributed by atoms with Crippen LogP contribution >= 0.6 is 0 Å². The normalized spacial score (nSPS) is 29.9. The molecule has 25 heavy (non-hydrogen) atoms. The zero-order chi connectivity index (χ0) is 17.5. The Bertz CT molecular complexity index is 546. The highest BCUT2D eigenvalue weighted by atomic mass is 16.7. The fraction of sp³-hybridized carbons (Fsp3) is 0.682. The third-order valence-electron chi connectivity index (χ3n) is 6.01. The summed E-state index contributed by atoms with van der Waals surface area (Å²) in [4.78, 5) is 0. The van der Waals surface area contributed by atoms with Gasteiger partial charge in [0.25, 0.3) is 0 Å². The number of ether oxygens (including phenoxy) is 2. The molecule has 2 aliphatic rings. The molecular formula is C22H31NO2. The molecule has 1 saturated heterocycles. The van der Waals surface area contributed by atoms with Crippen molar-refractivity contribution >= 4 is 0 Å². The second-order valence-corrected chi connectivity index (χ2v) is 7.77. The highest BCUT2D eigenvalue weighted by Gasteiger charge is 2.32. The lowest BCUT2D eigenvalue weighted by Gasteiger charge is -2.38. The lowest BCUT2D eigenvalue weighted by atomic mass is 9.74. The molecule has 0 unspecified atom stereocenters. The van der Waals surface area contributed by atoms with Crippen LogP contribution in [0, 0.1) is 29.1 Å². The van der Waals surface area contributed by atoms with E-state index in [0.29, 0.717) is 11.5 Å². The quantitative estimate of drug-likeness (QED) is 0.632. The maximum absolute atomic E-state index is 8.88. The van der Waals surface area contributed by atoms with Crippen LogP contribution < -0.4 is 0 Å². The molecule has 136 valence electrons. The van der Waals surface area contributed by atoms with E-state index in [1.807, 2.05) is 24.3 Å². The number of rotatable bonds is 6. The molecule has 1 aliphatic carbocycles. The Labute approximate surface area is 152 Å². The number of benzene rings is 1. The summed E-state index contributed by atoms with van der Waals surface area (Å²) >= 11 is 0. The average molecular weight is 341 g/mol. The van der Waals surface area contributed by atoms with Crippen molar-refractivity contribution in [2.45, 2.75) is 64.6 Å². The lowest BCUT2D eigenvalue weighted by molar-refractivity contribution is -0.214. The predicted octanol–water partition coefficient (Wildman–Crippen LogP) is 5.61. The zero-order valence-electron chi connectivity index (χ0n) is 15.5. The summed E-state index contributed by atoms with van der Waals surface area (Å²) in [5, 5.41) is 8.88.